The molecule has 0 saturated heterocycles. The Kier molecular flexibility index (Phi) is 3.51. The highest BCUT2D eigenvalue weighted by Gasteiger charge is 2.26. The summed E-state index contributed by atoms with van der Waals surface area (Å²) in [6.45, 7) is 8.95. The summed E-state index contributed by atoms with van der Waals surface area (Å²) < 4.78 is 5.97. The SMILES string of the molecule is C=C(C)NCCC1CCc2ccc3nc(CC)oc3c21. The Morgan fingerprint density at radius 1 is 1.50 bits per heavy atom. The fourth-order valence-electron chi connectivity index (χ4n) is 3.14. The van der Waals surface area contributed by atoms with E-state index in [0.29, 0.717) is 5.92 Å². The highest BCUT2D eigenvalue weighted by Crippen LogP contribution is 2.40. The number of nitrogens with zero attached hydrogens (tertiary/aromatic N) is 1. The van der Waals surface area contributed by atoms with Gasteiger partial charge in [-0.25, -0.2) is 4.98 Å². The monoisotopic (exact) mass is 270 g/mol. The summed E-state index contributed by atoms with van der Waals surface area (Å²) >= 11 is 0. The number of fused-ring (bicyclic) bond motifs is 3. The molecule has 1 aromatic carbocycles. The maximum absolute atomic E-state index is 5.97. The molecule has 0 spiro atoms. The Labute approximate surface area is 120 Å². The minimum absolute atomic E-state index is 0.582. The zero-order chi connectivity index (χ0) is 14.1. The first-order valence-corrected chi connectivity index (χ1v) is 7.49. The van der Waals surface area contributed by atoms with E-state index >= 15 is 0 Å². The zero-order valence-electron chi connectivity index (χ0n) is 12.3. The Balaban J connectivity index is 1.90. The van der Waals surface area contributed by atoms with Crippen LogP contribution in [0.3, 0.4) is 0 Å². The van der Waals surface area contributed by atoms with Gasteiger partial charge < -0.3 is 9.73 Å². The quantitative estimate of drug-likeness (QED) is 0.894. The standard InChI is InChI=1S/C17H22N2O/c1-4-15-19-14-8-7-12-5-6-13(9-10-18-11(2)3)16(12)17(14)20-15/h7-8,13,18H,2,4-6,9-10H2,1,3H3. The van der Waals surface area contributed by atoms with Crippen molar-refractivity contribution in [1.29, 1.82) is 0 Å². The van der Waals surface area contributed by atoms with Gasteiger partial charge in [-0.1, -0.05) is 19.6 Å². The minimum atomic E-state index is 0.582. The van der Waals surface area contributed by atoms with Crippen LogP contribution < -0.4 is 5.32 Å². The van der Waals surface area contributed by atoms with Crippen molar-refractivity contribution in [1.82, 2.24) is 10.3 Å². The van der Waals surface area contributed by atoms with E-state index < -0.39 is 0 Å². The van der Waals surface area contributed by atoms with E-state index in [1.807, 2.05) is 6.92 Å². The van der Waals surface area contributed by atoms with Crippen LogP contribution in [0.5, 0.6) is 0 Å². The molecule has 1 aliphatic rings. The molecule has 2 aromatic rings. The molecule has 3 heteroatoms. The van der Waals surface area contributed by atoms with E-state index in [1.54, 1.807) is 0 Å². The molecule has 0 aliphatic heterocycles. The third-order valence-electron chi connectivity index (χ3n) is 4.12. The van der Waals surface area contributed by atoms with Gasteiger partial charge >= 0.3 is 0 Å². The molecular formula is C17H22N2O. The summed E-state index contributed by atoms with van der Waals surface area (Å²) in [5.41, 5.74) is 5.92. The van der Waals surface area contributed by atoms with Gasteiger partial charge in [0.05, 0.1) is 0 Å². The lowest BCUT2D eigenvalue weighted by Crippen LogP contribution is -2.14. The average Bonchev–Trinajstić information content (AvgIpc) is 3.00. The van der Waals surface area contributed by atoms with Crippen molar-refractivity contribution in [3.63, 3.8) is 0 Å². The van der Waals surface area contributed by atoms with Gasteiger partial charge in [0.1, 0.15) is 5.52 Å². The third-order valence-corrected chi connectivity index (χ3v) is 4.12. The summed E-state index contributed by atoms with van der Waals surface area (Å²) in [5, 5.41) is 3.33. The van der Waals surface area contributed by atoms with Gasteiger partial charge in [-0.05, 0) is 43.7 Å². The molecule has 106 valence electrons. The molecule has 0 bridgehead atoms. The maximum Gasteiger partial charge on any atom is 0.195 e. The first-order valence-electron chi connectivity index (χ1n) is 7.49. The van der Waals surface area contributed by atoms with Gasteiger partial charge in [-0.15, -0.1) is 0 Å². The summed E-state index contributed by atoms with van der Waals surface area (Å²) in [6, 6.07) is 4.33. The van der Waals surface area contributed by atoms with Gasteiger partial charge in [0.15, 0.2) is 11.5 Å². The van der Waals surface area contributed by atoms with Crippen molar-refractivity contribution in [2.75, 3.05) is 6.54 Å². The Morgan fingerprint density at radius 2 is 2.35 bits per heavy atom. The van der Waals surface area contributed by atoms with Crippen LogP contribution in [-0.2, 0) is 12.8 Å². The lowest BCUT2D eigenvalue weighted by molar-refractivity contribution is 0.527. The van der Waals surface area contributed by atoms with Crippen molar-refractivity contribution in [3.8, 4) is 0 Å². The van der Waals surface area contributed by atoms with Gasteiger partial charge in [-0.2, -0.15) is 0 Å². The second-order valence-corrected chi connectivity index (χ2v) is 5.68. The second-order valence-electron chi connectivity index (χ2n) is 5.68. The number of hydrogen-bond acceptors (Lipinski definition) is 3. The Bertz CT molecular complexity index is 642. The van der Waals surface area contributed by atoms with E-state index in [9.17, 15) is 0 Å². The molecule has 1 heterocycles. The van der Waals surface area contributed by atoms with Crippen LogP contribution in [0, 0.1) is 0 Å². The van der Waals surface area contributed by atoms with Crippen molar-refractivity contribution in [2.45, 2.75) is 45.4 Å². The summed E-state index contributed by atoms with van der Waals surface area (Å²) in [4.78, 5) is 4.56. The highest BCUT2D eigenvalue weighted by molar-refractivity contribution is 5.79. The summed E-state index contributed by atoms with van der Waals surface area (Å²) in [7, 11) is 0. The first-order chi connectivity index (χ1) is 9.69. The number of aromatic nitrogens is 1. The van der Waals surface area contributed by atoms with Crippen LogP contribution in [0.1, 0.15) is 49.6 Å². The van der Waals surface area contributed by atoms with Gasteiger partial charge in [0.2, 0.25) is 0 Å². The number of rotatable bonds is 5. The second kappa shape index (κ2) is 5.31. The molecule has 0 amide bonds. The van der Waals surface area contributed by atoms with Gasteiger partial charge in [0, 0.05) is 24.2 Å². The molecule has 1 unspecified atom stereocenters. The first kappa shape index (κ1) is 13.2. The predicted octanol–water partition coefficient (Wildman–Crippen LogP) is 3.93. The van der Waals surface area contributed by atoms with Crippen LogP contribution in [0.25, 0.3) is 11.1 Å². The zero-order valence-corrected chi connectivity index (χ0v) is 12.3. The van der Waals surface area contributed by atoms with Gasteiger partial charge in [0.25, 0.3) is 0 Å². The maximum atomic E-state index is 5.97. The smallest absolute Gasteiger partial charge is 0.195 e. The number of hydrogen-bond donors (Lipinski definition) is 1. The average molecular weight is 270 g/mol. The number of nitrogens with one attached hydrogen (secondary N) is 1. The van der Waals surface area contributed by atoms with Crippen LogP contribution in [0.2, 0.25) is 0 Å². The predicted molar refractivity (Wildman–Crippen MR) is 81.9 cm³/mol. The number of aryl methyl sites for hydroxylation is 2. The van der Waals surface area contributed by atoms with Crippen LogP contribution >= 0.6 is 0 Å². The molecule has 1 aliphatic carbocycles. The van der Waals surface area contributed by atoms with Crippen LogP contribution in [0.15, 0.2) is 28.8 Å². The fourth-order valence-corrected chi connectivity index (χ4v) is 3.14. The lowest BCUT2D eigenvalue weighted by atomic mass is 9.97. The molecule has 1 N–H and O–H groups in total. The highest BCUT2D eigenvalue weighted by atomic mass is 16.3. The van der Waals surface area contributed by atoms with Crippen molar-refractivity contribution < 1.29 is 4.42 Å². The normalized spacial score (nSPS) is 17.4. The van der Waals surface area contributed by atoms with Crippen molar-refractivity contribution in [3.05, 3.63) is 41.4 Å². The van der Waals surface area contributed by atoms with E-state index in [2.05, 4.69) is 35.9 Å². The molecule has 20 heavy (non-hydrogen) atoms. The molecule has 0 fully saturated rings. The van der Waals surface area contributed by atoms with Crippen molar-refractivity contribution in [2.24, 2.45) is 0 Å². The lowest BCUT2D eigenvalue weighted by Gasteiger charge is -2.12. The van der Waals surface area contributed by atoms with Gasteiger partial charge in [-0.3, -0.25) is 0 Å². The largest absolute Gasteiger partial charge is 0.440 e. The fraction of sp³-hybridized carbons (Fsp3) is 0.471. The molecule has 3 nitrogen and oxygen atoms in total. The van der Waals surface area contributed by atoms with Crippen LogP contribution in [0.4, 0.5) is 0 Å². The topological polar surface area (TPSA) is 38.1 Å². The molecule has 3 rings (SSSR count). The molecular weight excluding hydrogens is 248 g/mol. The van der Waals surface area contributed by atoms with E-state index in [1.165, 1.54) is 17.5 Å². The van der Waals surface area contributed by atoms with E-state index in [-0.39, 0.29) is 0 Å². The summed E-state index contributed by atoms with van der Waals surface area (Å²) in [5.74, 6) is 1.43. The van der Waals surface area contributed by atoms with Crippen molar-refractivity contribution >= 4 is 11.1 Å². The molecule has 0 radical (unpaired) electrons. The minimum Gasteiger partial charge on any atom is -0.440 e. The summed E-state index contributed by atoms with van der Waals surface area (Å²) in [6.07, 6.45) is 4.35. The molecule has 0 saturated carbocycles. The van der Waals surface area contributed by atoms with E-state index in [0.717, 1.165) is 48.5 Å². The van der Waals surface area contributed by atoms with E-state index in [4.69, 9.17) is 4.42 Å². The molecule has 1 atom stereocenters. The Hall–Kier alpha value is -1.77. The molecule has 1 aromatic heterocycles. The Morgan fingerprint density at radius 3 is 3.10 bits per heavy atom. The third kappa shape index (κ3) is 2.33. The number of allylic oxidation sites excluding steroid dienone is 1. The number of oxazole rings is 1. The number of benzene rings is 1. The van der Waals surface area contributed by atoms with Crippen LogP contribution in [-0.4, -0.2) is 11.5 Å².